The van der Waals surface area contributed by atoms with Crippen molar-refractivity contribution >= 4 is 21.4 Å². The lowest BCUT2D eigenvalue weighted by Crippen LogP contribution is -2.12. The standard InChI is InChI=1S/C21H19NO4S/c1-27(24,25)20-12-6-10-18(14-20)22-21(23)17-9-5-11-19(13-17)26-15-16-7-3-2-4-8-16/h2-14H,15H2,1H3,(H,22,23). The molecule has 3 aromatic rings. The maximum Gasteiger partial charge on any atom is 0.255 e. The van der Waals surface area contributed by atoms with E-state index in [0.717, 1.165) is 11.8 Å². The molecule has 0 heterocycles. The van der Waals surface area contributed by atoms with Crippen molar-refractivity contribution in [1.82, 2.24) is 0 Å². The molecule has 138 valence electrons. The molecule has 0 bridgehead atoms. The summed E-state index contributed by atoms with van der Waals surface area (Å²) in [5.74, 6) is 0.238. The van der Waals surface area contributed by atoms with Gasteiger partial charge in [0, 0.05) is 17.5 Å². The van der Waals surface area contributed by atoms with Crippen LogP contribution in [0.25, 0.3) is 0 Å². The lowest BCUT2D eigenvalue weighted by Gasteiger charge is -2.09. The molecular weight excluding hydrogens is 362 g/mol. The molecule has 3 rings (SSSR count). The zero-order chi connectivity index (χ0) is 19.3. The van der Waals surface area contributed by atoms with Crippen LogP contribution >= 0.6 is 0 Å². The van der Waals surface area contributed by atoms with E-state index < -0.39 is 9.84 Å². The molecule has 0 aliphatic rings. The van der Waals surface area contributed by atoms with Crippen molar-refractivity contribution in [3.63, 3.8) is 0 Å². The summed E-state index contributed by atoms with van der Waals surface area (Å²) in [5, 5.41) is 2.71. The van der Waals surface area contributed by atoms with Gasteiger partial charge >= 0.3 is 0 Å². The molecule has 5 nitrogen and oxygen atoms in total. The predicted molar refractivity (Wildman–Crippen MR) is 105 cm³/mol. The van der Waals surface area contributed by atoms with Crippen LogP contribution in [0.1, 0.15) is 15.9 Å². The normalized spacial score (nSPS) is 11.0. The molecule has 3 aromatic carbocycles. The maximum absolute atomic E-state index is 12.5. The smallest absolute Gasteiger partial charge is 0.255 e. The SMILES string of the molecule is CS(=O)(=O)c1cccc(NC(=O)c2cccc(OCc3ccccc3)c2)c1. The zero-order valence-electron chi connectivity index (χ0n) is 14.8. The minimum Gasteiger partial charge on any atom is -0.489 e. The van der Waals surface area contributed by atoms with Crippen LogP contribution in [0.3, 0.4) is 0 Å². The molecule has 0 aliphatic carbocycles. The van der Waals surface area contributed by atoms with E-state index in [0.29, 0.717) is 23.6 Å². The summed E-state index contributed by atoms with van der Waals surface area (Å²) < 4.78 is 29.0. The van der Waals surface area contributed by atoms with Gasteiger partial charge in [0.2, 0.25) is 0 Å². The highest BCUT2D eigenvalue weighted by atomic mass is 32.2. The number of anilines is 1. The molecule has 1 amide bonds. The third kappa shape index (κ3) is 5.18. The number of hydrogen-bond donors (Lipinski definition) is 1. The van der Waals surface area contributed by atoms with Gasteiger partial charge in [0.25, 0.3) is 5.91 Å². The van der Waals surface area contributed by atoms with Crippen molar-refractivity contribution < 1.29 is 17.9 Å². The summed E-state index contributed by atoms with van der Waals surface area (Å²) in [5.41, 5.74) is 1.87. The lowest BCUT2D eigenvalue weighted by atomic mass is 10.2. The second-order valence-electron chi connectivity index (χ2n) is 6.06. The molecule has 0 saturated heterocycles. The highest BCUT2D eigenvalue weighted by molar-refractivity contribution is 7.90. The second-order valence-corrected chi connectivity index (χ2v) is 8.07. The summed E-state index contributed by atoms with van der Waals surface area (Å²) in [6.45, 7) is 0.405. The van der Waals surface area contributed by atoms with Crippen LogP contribution in [-0.4, -0.2) is 20.6 Å². The van der Waals surface area contributed by atoms with Crippen LogP contribution in [0.4, 0.5) is 5.69 Å². The van der Waals surface area contributed by atoms with Gasteiger partial charge in [-0.3, -0.25) is 4.79 Å². The third-order valence-electron chi connectivity index (χ3n) is 3.86. The van der Waals surface area contributed by atoms with Gasteiger partial charge in [-0.25, -0.2) is 8.42 Å². The minimum absolute atomic E-state index is 0.153. The van der Waals surface area contributed by atoms with E-state index in [4.69, 9.17) is 4.74 Å². The first-order chi connectivity index (χ1) is 12.9. The Kier molecular flexibility index (Phi) is 5.57. The van der Waals surface area contributed by atoms with Crippen LogP contribution in [0.15, 0.2) is 83.8 Å². The Morgan fingerprint density at radius 1 is 0.926 bits per heavy atom. The van der Waals surface area contributed by atoms with Gasteiger partial charge in [0.15, 0.2) is 9.84 Å². The van der Waals surface area contributed by atoms with Crippen molar-refractivity contribution in [3.05, 3.63) is 90.0 Å². The van der Waals surface area contributed by atoms with Gasteiger partial charge in [0.05, 0.1) is 4.90 Å². The predicted octanol–water partition coefficient (Wildman–Crippen LogP) is 3.92. The molecule has 0 unspecified atom stereocenters. The number of benzene rings is 3. The fraction of sp³-hybridized carbons (Fsp3) is 0.0952. The van der Waals surface area contributed by atoms with Gasteiger partial charge < -0.3 is 10.1 Å². The van der Waals surface area contributed by atoms with Crippen molar-refractivity contribution in [2.45, 2.75) is 11.5 Å². The Morgan fingerprint density at radius 2 is 1.67 bits per heavy atom. The van der Waals surface area contributed by atoms with E-state index in [1.807, 2.05) is 30.3 Å². The monoisotopic (exact) mass is 381 g/mol. The Labute approximate surface area is 158 Å². The molecule has 0 saturated carbocycles. The van der Waals surface area contributed by atoms with Crippen molar-refractivity contribution in [2.24, 2.45) is 0 Å². The van der Waals surface area contributed by atoms with Gasteiger partial charge in [0.1, 0.15) is 12.4 Å². The fourth-order valence-corrected chi connectivity index (χ4v) is 3.14. The molecule has 1 N–H and O–H groups in total. The molecule has 0 fully saturated rings. The number of ether oxygens (including phenoxy) is 1. The van der Waals surface area contributed by atoms with E-state index in [1.165, 1.54) is 12.1 Å². The quantitative estimate of drug-likeness (QED) is 0.702. The van der Waals surface area contributed by atoms with Gasteiger partial charge in [-0.2, -0.15) is 0 Å². The largest absolute Gasteiger partial charge is 0.489 e. The molecule has 6 heteroatoms. The van der Waals surface area contributed by atoms with Crippen LogP contribution in [-0.2, 0) is 16.4 Å². The van der Waals surface area contributed by atoms with Crippen LogP contribution in [0.2, 0.25) is 0 Å². The number of amides is 1. The number of nitrogens with one attached hydrogen (secondary N) is 1. The first-order valence-electron chi connectivity index (χ1n) is 8.30. The summed E-state index contributed by atoms with van der Waals surface area (Å²) in [6, 6.07) is 22.7. The molecular formula is C21H19NO4S. The van der Waals surface area contributed by atoms with Gasteiger partial charge in [-0.05, 0) is 42.0 Å². The van der Waals surface area contributed by atoms with Crippen molar-refractivity contribution in [1.29, 1.82) is 0 Å². The second kappa shape index (κ2) is 8.05. The number of sulfone groups is 1. The van der Waals surface area contributed by atoms with E-state index in [-0.39, 0.29) is 10.8 Å². The van der Waals surface area contributed by atoms with Crippen molar-refractivity contribution in [3.8, 4) is 5.75 Å². The topological polar surface area (TPSA) is 72.5 Å². The molecule has 0 aromatic heterocycles. The van der Waals surface area contributed by atoms with Crippen LogP contribution in [0, 0.1) is 0 Å². The summed E-state index contributed by atoms with van der Waals surface area (Å²) in [4.78, 5) is 12.6. The average Bonchev–Trinajstić information content (AvgIpc) is 2.67. The van der Waals surface area contributed by atoms with E-state index >= 15 is 0 Å². The highest BCUT2D eigenvalue weighted by Crippen LogP contribution is 2.19. The summed E-state index contributed by atoms with van der Waals surface area (Å²) in [6.07, 6.45) is 1.13. The Hall–Kier alpha value is -3.12. The third-order valence-corrected chi connectivity index (χ3v) is 4.97. The Bertz CT molecular complexity index is 1050. The first-order valence-corrected chi connectivity index (χ1v) is 10.2. The zero-order valence-corrected chi connectivity index (χ0v) is 15.6. The Morgan fingerprint density at radius 3 is 2.41 bits per heavy atom. The highest BCUT2D eigenvalue weighted by Gasteiger charge is 2.11. The molecule has 0 atom stereocenters. The van der Waals surface area contributed by atoms with E-state index in [9.17, 15) is 13.2 Å². The minimum atomic E-state index is -3.34. The number of carbonyl (C=O) groups excluding carboxylic acids is 1. The average molecular weight is 381 g/mol. The number of rotatable bonds is 6. The van der Waals surface area contributed by atoms with Crippen molar-refractivity contribution in [2.75, 3.05) is 11.6 Å². The maximum atomic E-state index is 12.5. The summed E-state index contributed by atoms with van der Waals surface area (Å²) in [7, 11) is -3.34. The molecule has 0 radical (unpaired) electrons. The van der Waals surface area contributed by atoms with Gasteiger partial charge in [-0.15, -0.1) is 0 Å². The molecule has 0 spiro atoms. The van der Waals surface area contributed by atoms with E-state index in [2.05, 4.69) is 5.32 Å². The van der Waals surface area contributed by atoms with Gasteiger partial charge in [-0.1, -0.05) is 42.5 Å². The van der Waals surface area contributed by atoms with E-state index in [1.54, 1.807) is 36.4 Å². The van der Waals surface area contributed by atoms with Crippen LogP contribution in [0.5, 0.6) is 5.75 Å². The number of hydrogen-bond acceptors (Lipinski definition) is 4. The first kappa shape index (κ1) is 18.7. The molecule has 0 aliphatic heterocycles. The Balaban J connectivity index is 1.70. The fourth-order valence-electron chi connectivity index (χ4n) is 2.48. The number of carbonyl (C=O) groups is 1. The lowest BCUT2D eigenvalue weighted by molar-refractivity contribution is 0.102. The molecule has 27 heavy (non-hydrogen) atoms. The summed E-state index contributed by atoms with van der Waals surface area (Å²) >= 11 is 0. The van der Waals surface area contributed by atoms with Crippen LogP contribution < -0.4 is 10.1 Å².